The molecule has 5 aliphatic rings. The molecule has 0 saturated carbocycles. The van der Waals surface area contributed by atoms with Crippen molar-refractivity contribution in [2.45, 2.75) is 101 Å². The van der Waals surface area contributed by atoms with Crippen molar-refractivity contribution in [2.24, 2.45) is 17.3 Å². The molecule has 7 rings (SSSR count). The molecule has 2 spiro atoms. The summed E-state index contributed by atoms with van der Waals surface area (Å²) in [6.07, 6.45) is 20.0. The summed E-state index contributed by atoms with van der Waals surface area (Å²) in [5, 5.41) is 0. The van der Waals surface area contributed by atoms with Crippen molar-refractivity contribution in [3.63, 3.8) is 0 Å². The number of hydrogen-bond donors (Lipinski definition) is 0. The molecule has 8 atom stereocenters. The molecule has 2 aromatic rings. The zero-order valence-corrected chi connectivity index (χ0v) is 22.3. The third kappa shape index (κ3) is 3.87. The van der Waals surface area contributed by atoms with E-state index in [1.807, 2.05) is 25.1 Å². The molecule has 0 aromatic carbocycles. The van der Waals surface area contributed by atoms with Gasteiger partial charge in [-0.15, -0.1) is 0 Å². The normalized spacial score (nSPS) is 44.5. The van der Waals surface area contributed by atoms with Crippen LogP contribution in [-0.2, 0) is 0 Å². The molecular weight excluding hydrogens is 452 g/mol. The Balaban J connectivity index is 1.13. The van der Waals surface area contributed by atoms with E-state index < -0.39 is 0 Å². The Labute approximate surface area is 215 Å². The minimum absolute atomic E-state index is 0.439. The van der Waals surface area contributed by atoms with Crippen LogP contribution in [0.25, 0.3) is 0 Å². The van der Waals surface area contributed by atoms with Crippen LogP contribution in [0.15, 0.2) is 46.0 Å². The molecule has 0 N–H and O–H groups in total. The second-order valence-corrected chi connectivity index (χ2v) is 14.4. The fourth-order valence-corrected chi connectivity index (χ4v) is 10.9. The SMILES string of the molecule is C[C@@H]1CC[C@@H](c2ccoc2)N2C[C@@]3(CC[C@@H]12)CS[C@@]1(CC[C@H]2[C@H](C)CC[C@@H](c4ccoc4)N2C1)C3. The van der Waals surface area contributed by atoms with E-state index in [1.54, 1.807) is 0 Å². The largest absolute Gasteiger partial charge is 0.472 e. The molecule has 190 valence electrons. The van der Waals surface area contributed by atoms with Crippen LogP contribution in [0, 0.1) is 17.3 Å². The Bertz CT molecular complexity index is 927. The van der Waals surface area contributed by atoms with Crippen LogP contribution in [0.1, 0.15) is 94.8 Å². The van der Waals surface area contributed by atoms with Crippen molar-refractivity contribution in [1.82, 2.24) is 9.80 Å². The minimum atomic E-state index is 0.439. The van der Waals surface area contributed by atoms with Gasteiger partial charge in [0.25, 0.3) is 0 Å². The lowest BCUT2D eigenvalue weighted by atomic mass is 9.67. The molecule has 0 aliphatic carbocycles. The number of piperidine rings is 4. The summed E-state index contributed by atoms with van der Waals surface area (Å²) in [6.45, 7) is 7.56. The predicted molar refractivity (Wildman–Crippen MR) is 141 cm³/mol. The van der Waals surface area contributed by atoms with E-state index in [0.29, 0.717) is 22.2 Å². The quantitative estimate of drug-likeness (QED) is 0.437. The van der Waals surface area contributed by atoms with Crippen molar-refractivity contribution < 1.29 is 8.83 Å². The highest BCUT2D eigenvalue weighted by Crippen LogP contribution is 2.60. The van der Waals surface area contributed by atoms with Gasteiger partial charge in [0, 0.05) is 58.9 Å². The molecule has 0 unspecified atom stereocenters. The molecule has 5 aliphatic heterocycles. The number of fused-ring (bicyclic) bond motifs is 2. The van der Waals surface area contributed by atoms with Crippen LogP contribution >= 0.6 is 11.8 Å². The maximum Gasteiger partial charge on any atom is 0.0950 e. The van der Waals surface area contributed by atoms with Crippen LogP contribution in [0.5, 0.6) is 0 Å². The van der Waals surface area contributed by atoms with Crippen LogP contribution in [0.4, 0.5) is 0 Å². The van der Waals surface area contributed by atoms with E-state index in [9.17, 15) is 0 Å². The summed E-state index contributed by atoms with van der Waals surface area (Å²) in [6, 6.07) is 7.04. The standard InChI is InChI=1S/C30H42N2O2S/c1-21-3-5-27(23-9-13-33-15-23)31-18-29(11-7-25(21)31)17-30(35-20-29)12-8-26-22(2)4-6-28(32(26)19-30)24-10-14-34-16-24/h9-10,13-16,21-22,25-28H,3-8,11-12,17-20H2,1-2H3/t21-,22-,25+,26+,27+,28+,29+,30+/m1/s1. The van der Waals surface area contributed by atoms with Gasteiger partial charge in [-0.25, -0.2) is 0 Å². The first-order chi connectivity index (χ1) is 17.0. The topological polar surface area (TPSA) is 32.8 Å². The van der Waals surface area contributed by atoms with Crippen molar-refractivity contribution >= 4 is 11.8 Å². The van der Waals surface area contributed by atoms with Crippen LogP contribution in [-0.4, -0.2) is 45.5 Å². The lowest BCUT2D eigenvalue weighted by molar-refractivity contribution is -0.0454. The molecule has 0 amide bonds. The second-order valence-electron chi connectivity index (χ2n) is 13.0. The maximum absolute atomic E-state index is 5.54. The second kappa shape index (κ2) is 8.70. The lowest BCUT2D eigenvalue weighted by Gasteiger charge is -2.55. The van der Waals surface area contributed by atoms with Gasteiger partial charge in [0.15, 0.2) is 0 Å². The number of nitrogens with zero attached hydrogens (tertiary/aromatic N) is 2. The highest BCUT2D eigenvalue weighted by atomic mass is 32.2. The fraction of sp³-hybridized carbons (Fsp3) is 0.733. The van der Waals surface area contributed by atoms with Gasteiger partial charge in [0.05, 0.1) is 25.1 Å². The Hall–Kier alpha value is -1.17. The zero-order chi connectivity index (χ0) is 23.6. The number of rotatable bonds is 2. The average Bonchev–Trinajstić information content (AvgIpc) is 3.63. The van der Waals surface area contributed by atoms with Gasteiger partial charge in [0.1, 0.15) is 0 Å². The molecule has 0 bridgehead atoms. The lowest BCUT2D eigenvalue weighted by Crippen LogP contribution is -2.57. The molecule has 5 saturated heterocycles. The summed E-state index contributed by atoms with van der Waals surface area (Å²) in [5.41, 5.74) is 3.30. The summed E-state index contributed by atoms with van der Waals surface area (Å²) >= 11 is 2.36. The first-order valence-electron chi connectivity index (χ1n) is 14.2. The Morgan fingerprint density at radius 3 is 1.97 bits per heavy atom. The van der Waals surface area contributed by atoms with Crippen LogP contribution in [0.3, 0.4) is 0 Å². The smallest absolute Gasteiger partial charge is 0.0950 e. The number of furan rings is 2. The first-order valence-corrected chi connectivity index (χ1v) is 15.2. The van der Waals surface area contributed by atoms with E-state index >= 15 is 0 Å². The van der Waals surface area contributed by atoms with Gasteiger partial charge in [-0.05, 0) is 87.2 Å². The van der Waals surface area contributed by atoms with Gasteiger partial charge in [0.2, 0.25) is 0 Å². The van der Waals surface area contributed by atoms with Gasteiger partial charge in [-0.1, -0.05) is 13.8 Å². The van der Waals surface area contributed by atoms with E-state index in [1.165, 1.54) is 87.8 Å². The summed E-state index contributed by atoms with van der Waals surface area (Å²) in [5.74, 6) is 2.99. The molecule has 5 heteroatoms. The third-order valence-corrected chi connectivity index (χ3v) is 12.7. The number of hydrogen-bond acceptors (Lipinski definition) is 5. The zero-order valence-electron chi connectivity index (χ0n) is 21.5. The van der Waals surface area contributed by atoms with Crippen molar-refractivity contribution in [3.05, 3.63) is 48.3 Å². The summed E-state index contributed by atoms with van der Waals surface area (Å²) in [7, 11) is 0. The highest BCUT2D eigenvalue weighted by Gasteiger charge is 2.56. The maximum atomic E-state index is 5.54. The van der Waals surface area contributed by atoms with E-state index in [4.69, 9.17) is 8.83 Å². The average molecular weight is 495 g/mol. The molecule has 0 radical (unpaired) electrons. The molecule has 2 aromatic heterocycles. The van der Waals surface area contributed by atoms with E-state index in [2.05, 4.69) is 47.5 Å². The monoisotopic (exact) mass is 494 g/mol. The van der Waals surface area contributed by atoms with Gasteiger partial charge in [-0.2, -0.15) is 11.8 Å². The Kier molecular flexibility index (Phi) is 5.71. The van der Waals surface area contributed by atoms with E-state index in [0.717, 1.165) is 23.9 Å². The predicted octanol–water partition coefficient (Wildman–Crippen LogP) is 7.31. The molecule has 35 heavy (non-hydrogen) atoms. The molecule has 4 nitrogen and oxygen atoms in total. The van der Waals surface area contributed by atoms with Crippen LogP contribution in [0.2, 0.25) is 0 Å². The first kappa shape index (κ1) is 23.0. The fourth-order valence-electron chi connectivity index (χ4n) is 9.03. The third-order valence-electron chi connectivity index (χ3n) is 10.8. The van der Waals surface area contributed by atoms with Crippen molar-refractivity contribution in [1.29, 1.82) is 0 Å². The van der Waals surface area contributed by atoms with Crippen molar-refractivity contribution in [3.8, 4) is 0 Å². The van der Waals surface area contributed by atoms with E-state index in [-0.39, 0.29) is 0 Å². The highest BCUT2D eigenvalue weighted by molar-refractivity contribution is 8.01. The van der Waals surface area contributed by atoms with Gasteiger partial charge >= 0.3 is 0 Å². The van der Waals surface area contributed by atoms with Gasteiger partial charge in [-0.3, -0.25) is 9.80 Å². The van der Waals surface area contributed by atoms with Crippen molar-refractivity contribution in [2.75, 3.05) is 18.8 Å². The summed E-state index contributed by atoms with van der Waals surface area (Å²) in [4.78, 5) is 5.86. The summed E-state index contributed by atoms with van der Waals surface area (Å²) < 4.78 is 11.5. The van der Waals surface area contributed by atoms with Crippen LogP contribution < -0.4 is 0 Å². The minimum Gasteiger partial charge on any atom is -0.472 e. The Morgan fingerprint density at radius 2 is 1.37 bits per heavy atom. The Morgan fingerprint density at radius 1 is 0.771 bits per heavy atom. The van der Waals surface area contributed by atoms with Gasteiger partial charge < -0.3 is 8.83 Å². The molecule has 5 fully saturated rings. The molecular formula is C30H42N2O2S. The molecule has 7 heterocycles. The number of thioether (sulfide) groups is 1.